The van der Waals surface area contributed by atoms with Crippen molar-refractivity contribution in [2.45, 2.75) is 0 Å². The van der Waals surface area contributed by atoms with Gasteiger partial charge in [-0.2, -0.15) is 0 Å². The van der Waals surface area contributed by atoms with Crippen LogP contribution < -0.4 is 15.5 Å². The molecule has 2 aromatic heterocycles. The second kappa shape index (κ2) is 11.2. The highest BCUT2D eigenvalue weighted by Crippen LogP contribution is 2.34. The highest BCUT2D eigenvalue weighted by Gasteiger charge is 2.16. The van der Waals surface area contributed by atoms with Gasteiger partial charge in [0.05, 0.1) is 28.3 Å². The van der Waals surface area contributed by atoms with Crippen molar-refractivity contribution in [2.75, 3.05) is 49.8 Å². The lowest BCUT2D eigenvalue weighted by atomic mass is 10.1. The summed E-state index contributed by atoms with van der Waals surface area (Å²) in [4.78, 5) is 37.0. The van der Waals surface area contributed by atoms with E-state index in [-0.39, 0.29) is 11.7 Å². The maximum absolute atomic E-state index is 13.8. The number of rotatable bonds is 10. The fourth-order valence-corrected chi connectivity index (χ4v) is 4.15. The van der Waals surface area contributed by atoms with Gasteiger partial charge in [0.2, 0.25) is 5.91 Å². The summed E-state index contributed by atoms with van der Waals surface area (Å²) >= 11 is 0. The van der Waals surface area contributed by atoms with Crippen LogP contribution in [-0.2, 0) is 11.8 Å². The predicted octanol–water partition coefficient (Wildman–Crippen LogP) is 4.45. The Bertz CT molecular complexity index is 1510. The van der Waals surface area contributed by atoms with Crippen LogP contribution in [0.15, 0.2) is 61.6 Å². The Hall–Kier alpha value is -4.57. The highest BCUT2D eigenvalue weighted by molar-refractivity contribution is 6.03. The Balaban J connectivity index is 1.72. The number of amides is 1. The average molecular weight is 516 g/mol. The summed E-state index contributed by atoms with van der Waals surface area (Å²) in [6.45, 7) is 5.00. The van der Waals surface area contributed by atoms with Gasteiger partial charge in [-0.1, -0.05) is 6.58 Å². The van der Waals surface area contributed by atoms with Crippen molar-refractivity contribution >= 4 is 46.0 Å². The molecule has 38 heavy (non-hydrogen) atoms. The number of aldehydes is 1. The van der Waals surface area contributed by atoms with Gasteiger partial charge in [0.1, 0.15) is 18.0 Å². The topological polar surface area (TPSA) is 95.4 Å². The Morgan fingerprint density at radius 1 is 1.11 bits per heavy atom. The van der Waals surface area contributed by atoms with Gasteiger partial charge in [0, 0.05) is 56.0 Å². The molecule has 0 saturated carbocycles. The number of nitrogens with zero attached hydrogens (tertiary/aromatic N) is 5. The number of hydrogen-bond donors (Lipinski definition) is 2. The summed E-state index contributed by atoms with van der Waals surface area (Å²) in [5.74, 6) is -0.229. The van der Waals surface area contributed by atoms with E-state index < -0.39 is 0 Å². The molecule has 0 saturated heterocycles. The minimum atomic E-state index is -0.367. The maximum atomic E-state index is 13.8. The Labute approximate surface area is 220 Å². The van der Waals surface area contributed by atoms with E-state index in [9.17, 15) is 14.0 Å². The third kappa shape index (κ3) is 5.70. The molecule has 196 valence electrons. The molecule has 2 N–H and O–H groups in total. The number of aryl methyl sites for hydroxylation is 1. The minimum Gasteiger partial charge on any atom is -0.372 e. The van der Waals surface area contributed by atoms with Crippen LogP contribution in [0, 0.1) is 5.82 Å². The molecule has 4 rings (SSSR count). The van der Waals surface area contributed by atoms with Gasteiger partial charge in [0.25, 0.3) is 0 Å². The molecule has 0 fully saturated rings. The largest absolute Gasteiger partial charge is 0.372 e. The molecule has 0 atom stereocenters. The molecule has 4 aromatic rings. The zero-order valence-electron chi connectivity index (χ0n) is 21.8. The first-order valence-corrected chi connectivity index (χ1v) is 12.0. The molecule has 0 aliphatic rings. The van der Waals surface area contributed by atoms with E-state index >= 15 is 0 Å². The molecule has 9 nitrogen and oxygen atoms in total. The van der Waals surface area contributed by atoms with E-state index in [0.29, 0.717) is 40.7 Å². The van der Waals surface area contributed by atoms with Crippen LogP contribution in [0.25, 0.3) is 22.2 Å². The normalized spacial score (nSPS) is 11.0. The van der Waals surface area contributed by atoms with E-state index in [1.165, 1.54) is 24.5 Å². The Morgan fingerprint density at radius 3 is 2.61 bits per heavy atom. The van der Waals surface area contributed by atoms with Crippen molar-refractivity contribution in [1.82, 2.24) is 19.4 Å². The maximum Gasteiger partial charge on any atom is 0.247 e. The summed E-state index contributed by atoms with van der Waals surface area (Å²) < 4.78 is 15.6. The Kier molecular flexibility index (Phi) is 7.82. The van der Waals surface area contributed by atoms with Gasteiger partial charge in [-0.05, 0) is 50.5 Å². The summed E-state index contributed by atoms with van der Waals surface area (Å²) in [5, 5.41) is 6.88. The minimum absolute atomic E-state index is 0.313. The number of hydrogen-bond acceptors (Lipinski definition) is 7. The van der Waals surface area contributed by atoms with E-state index in [2.05, 4.69) is 27.2 Å². The average Bonchev–Trinajstić information content (AvgIpc) is 3.23. The number of carbonyl (C=O) groups excluding carboxylic acids is 2. The highest BCUT2D eigenvalue weighted by atomic mass is 19.1. The van der Waals surface area contributed by atoms with Crippen LogP contribution in [0.4, 0.5) is 27.3 Å². The van der Waals surface area contributed by atoms with Crippen LogP contribution in [0.1, 0.15) is 10.4 Å². The first-order valence-electron chi connectivity index (χ1n) is 12.0. The van der Waals surface area contributed by atoms with Gasteiger partial charge >= 0.3 is 0 Å². The molecule has 0 radical (unpaired) electrons. The van der Waals surface area contributed by atoms with Gasteiger partial charge in [0.15, 0.2) is 6.29 Å². The number of benzene rings is 2. The first kappa shape index (κ1) is 26.5. The second-order valence-corrected chi connectivity index (χ2v) is 9.22. The van der Waals surface area contributed by atoms with Crippen molar-refractivity contribution in [1.29, 1.82) is 0 Å². The quantitative estimate of drug-likeness (QED) is 0.238. The van der Waals surface area contributed by atoms with E-state index in [1.807, 2.05) is 48.8 Å². The summed E-state index contributed by atoms with van der Waals surface area (Å²) in [6.07, 6.45) is 5.25. The molecular weight excluding hydrogens is 485 g/mol. The second-order valence-electron chi connectivity index (χ2n) is 9.22. The fraction of sp³-hybridized carbons (Fsp3) is 0.214. The smallest absolute Gasteiger partial charge is 0.247 e. The van der Waals surface area contributed by atoms with Crippen molar-refractivity contribution in [3.05, 3.63) is 73.0 Å². The standard InChI is InChI=1S/C28H30FN7O2/c1-6-28(38)33-24-13-22(18(16-37)11-26(24)35(4)10-9-34(2)3)32-27-14-23(30-17-31-27)21-15-36(5)25-12-19(29)7-8-20(21)25/h6-8,11-17H,1,9-10H2,2-5H3,(H,33,38)(H,30,31,32). The zero-order valence-corrected chi connectivity index (χ0v) is 21.8. The number of anilines is 4. The lowest BCUT2D eigenvalue weighted by Gasteiger charge is -2.25. The van der Waals surface area contributed by atoms with Crippen LogP contribution >= 0.6 is 0 Å². The molecule has 2 heterocycles. The van der Waals surface area contributed by atoms with Gasteiger partial charge in [-0.3, -0.25) is 9.59 Å². The molecule has 0 aliphatic carbocycles. The molecule has 0 aliphatic heterocycles. The lowest BCUT2D eigenvalue weighted by molar-refractivity contribution is -0.111. The molecule has 1 amide bonds. The van der Waals surface area contributed by atoms with Crippen molar-refractivity contribution in [2.24, 2.45) is 7.05 Å². The summed E-state index contributed by atoms with van der Waals surface area (Å²) in [7, 11) is 7.70. The van der Waals surface area contributed by atoms with Crippen LogP contribution in [0.3, 0.4) is 0 Å². The number of halogens is 1. The number of carbonyl (C=O) groups is 2. The third-order valence-corrected chi connectivity index (χ3v) is 6.19. The van der Waals surface area contributed by atoms with Crippen LogP contribution in [-0.4, -0.2) is 65.9 Å². The number of aromatic nitrogens is 3. The van der Waals surface area contributed by atoms with Crippen molar-refractivity contribution in [3.8, 4) is 11.3 Å². The molecule has 10 heteroatoms. The fourth-order valence-electron chi connectivity index (χ4n) is 4.15. The Morgan fingerprint density at radius 2 is 1.89 bits per heavy atom. The first-order chi connectivity index (χ1) is 18.2. The number of nitrogens with one attached hydrogen (secondary N) is 2. The molecule has 0 unspecified atom stereocenters. The van der Waals surface area contributed by atoms with Crippen LogP contribution in [0.5, 0.6) is 0 Å². The van der Waals surface area contributed by atoms with E-state index in [4.69, 9.17) is 0 Å². The number of fused-ring (bicyclic) bond motifs is 1. The molecular formula is C28H30FN7O2. The lowest BCUT2D eigenvalue weighted by Crippen LogP contribution is -2.29. The van der Waals surface area contributed by atoms with Crippen molar-refractivity contribution in [3.63, 3.8) is 0 Å². The van der Waals surface area contributed by atoms with Gasteiger partial charge in [-0.25, -0.2) is 14.4 Å². The zero-order chi connectivity index (χ0) is 27.4. The SMILES string of the molecule is C=CC(=O)Nc1cc(Nc2cc(-c3cn(C)c4cc(F)ccc34)ncn2)c(C=O)cc1N(C)CCN(C)C. The van der Waals surface area contributed by atoms with E-state index in [1.54, 1.807) is 24.3 Å². The summed E-state index contributed by atoms with van der Waals surface area (Å²) in [5.41, 5.74) is 4.28. The number of likely N-dealkylation sites (N-methyl/N-ethyl adjacent to an activating group) is 2. The van der Waals surface area contributed by atoms with Gasteiger partial charge < -0.3 is 25.0 Å². The van der Waals surface area contributed by atoms with Gasteiger partial charge in [-0.15, -0.1) is 0 Å². The van der Waals surface area contributed by atoms with Crippen molar-refractivity contribution < 1.29 is 14.0 Å². The van der Waals surface area contributed by atoms with Crippen LogP contribution in [0.2, 0.25) is 0 Å². The monoisotopic (exact) mass is 515 g/mol. The third-order valence-electron chi connectivity index (χ3n) is 6.19. The van der Waals surface area contributed by atoms with E-state index in [0.717, 1.165) is 29.3 Å². The molecule has 0 bridgehead atoms. The summed E-state index contributed by atoms with van der Waals surface area (Å²) in [6, 6.07) is 9.80. The molecule has 0 spiro atoms. The molecule has 2 aromatic carbocycles. The predicted molar refractivity (Wildman–Crippen MR) is 150 cm³/mol.